The van der Waals surface area contributed by atoms with Crippen molar-refractivity contribution in [2.24, 2.45) is 0 Å². The fourth-order valence-corrected chi connectivity index (χ4v) is 3.85. The molecule has 30 heavy (non-hydrogen) atoms. The van der Waals surface area contributed by atoms with E-state index in [1.165, 1.54) is 0 Å². The second kappa shape index (κ2) is 7.25. The molecule has 2 aromatic heterocycles. The largest absolute Gasteiger partial charge is 0.296 e. The van der Waals surface area contributed by atoms with E-state index >= 15 is 0 Å². The standard InChI is InChI=1S/C25H15ClN2O2/c26-18-11-12-19-21(13-18)27-15-28-22(25(30)17-9-5-2-6-10-17)14-20(23(19)28)24(29)16-7-3-1-4-8-16/h1-15H. The molecule has 144 valence electrons. The number of ketones is 2. The summed E-state index contributed by atoms with van der Waals surface area (Å²) in [4.78, 5) is 31.1. The van der Waals surface area contributed by atoms with Gasteiger partial charge in [-0.05, 0) is 24.3 Å². The van der Waals surface area contributed by atoms with Crippen LogP contribution < -0.4 is 0 Å². The maximum absolute atomic E-state index is 13.4. The summed E-state index contributed by atoms with van der Waals surface area (Å²) in [5, 5.41) is 1.32. The summed E-state index contributed by atoms with van der Waals surface area (Å²) < 4.78 is 1.70. The van der Waals surface area contributed by atoms with Gasteiger partial charge in [-0.15, -0.1) is 0 Å². The highest BCUT2D eigenvalue weighted by Crippen LogP contribution is 2.29. The van der Waals surface area contributed by atoms with E-state index < -0.39 is 0 Å². The molecule has 0 atom stereocenters. The summed E-state index contributed by atoms with van der Waals surface area (Å²) in [5.41, 5.74) is 3.25. The molecule has 5 heteroatoms. The van der Waals surface area contributed by atoms with Crippen molar-refractivity contribution in [2.45, 2.75) is 0 Å². The molecule has 0 aliphatic carbocycles. The quantitative estimate of drug-likeness (QED) is 0.362. The van der Waals surface area contributed by atoms with Crippen molar-refractivity contribution in [3.8, 4) is 0 Å². The van der Waals surface area contributed by atoms with Gasteiger partial charge in [0.15, 0.2) is 5.78 Å². The van der Waals surface area contributed by atoms with Gasteiger partial charge in [-0.3, -0.25) is 14.0 Å². The molecule has 0 saturated heterocycles. The van der Waals surface area contributed by atoms with Crippen molar-refractivity contribution in [3.05, 3.63) is 119 Å². The van der Waals surface area contributed by atoms with Gasteiger partial charge < -0.3 is 0 Å². The predicted octanol–water partition coefficient (Wildman–Crippen LogP) is 5.60. The molecule has 3 aromatic carbocycles. The molecule has 0 saturated carbocycles. The topological polar surface area (TPSA) is 51.4 Å². The highest BCUT2D eigenvalue weighted by atomic mass is 35.5. The van der Waals surface area contributed by atoms with E-state index in [2.05, 4.69) is 4.98 Å². The number of aromatic nitrogens is 2. The Labute approximate surface area is 177 Å². The van der Waals surface area contributed by atoms with E-state index in [1.807, 2.05) is 42.5 Å². The van der Waals surface area contributed by atoms with Gasteiger partial charge in [0.2, 0.25) is 5.78 Å². The van der Waals surface area contributed by atoms with E-state index in [0.717, 1.165) is 5.39 Å². The van der Waals surface area contributed by atoms with Gasteiger partial charge >= 0.3 is 0 Å². The van der Waals surface area contributed by atoms with Crippen molar-refractivity contribution in [3.63, 3.8) is 0 Å². The maximum Gasteiger partial charge on any atom is 0.209 e. The zero-order valence-electron chi connectivity index (χ0n) is 15.7. The molecule has 0 amide bonds. The number of fused-ring (bicyclic) bond motifs is 3. The van der Waals surface area contributed by atoms with E-state index in [-0.39, 0.29) is 11.6 Å². The van der Waals surface area contributed by atoms with E-state index in [1.54, 1.807) is 53.2 Å². The third-order valence-corrected chi connectivity index (χ3v) is 5.35. The van der Waals surface area contributed by atoms with Crippen LogP contribution in [0.15, 0.2) is 91.3 Å². The second-order valence-corrected chi connectivity index (χ2v) is 7.39. The number of benzene rings is 3. The summed E-state index contributed by atoms with van der Waals surface area (Å²) >= 11 is 6.14. The lowest BCUT2D eigenvalue weighted by atomic mass is 10.0. The minimum absolute atomic E-state index is 0.150. The molecule has 5 aromatic rings. The lowest BCUT2D eigenvalue weighted by Gasteiger charge is -2.06. The Hall–Kier alpha value is -3.76. The first kappa shape index (κ1) is 18.3. The number of carbonyl (C=O) groups is 2. The number of hydrogen-bond donors (Lipinski definition) is 0. The Bertz CT molecular complexity index is 1420. The molecule has 0 radical (unpaired) electrons. The Kier molecular flexibility index (Phi) is 4.42. The summed E-state index contributed by atoms with van der Waals surface area (Å²) in [6, 6.07) is 25.0. The van der Waals surface area contributed by atoms with Gasteiger partial charge in [0.05, 0.1) is 16.7 Å². The molecule has 2 heterocycles. The molecule has 0 unspecified atom stereocenters. The van der Waals surface area contributed by atoms with Gasteiger partial charge in [0, 0.05) is 27.1 Å². The molecule has 5 rings (SSSR count). The van der Waals surface area contributed by atoms with Crippen LogP contribution in [0.1, 0.15) is 32.0 Å². The molecule has 0 spiro atoms. The van der Waals surface area contributed by atoms with Crippen molar-refractivity contribution in [2.75, 3.05) is 0 Å². The highest BCUT2D eigenvalue weighted by molar-refractivity contribution is 6.31. The Morgan fingerprint density at radius 2 is 1.40 bits per heavy atom. The maximum atomic E-state index is 13.4. The fraction of sp³-hybridized carbons (Fsp3) is 0. The van der Waals surface area contributed by atoms with E-state index in [0.29, 0.717) is 38.4 Å². The van der Waals surface area contributed by atoms with Crippen LogP contribution in [0.4, 0.5) is 0 Å². The number of carbonyl (C=O) groups excluding carboxylic acids is 2. The molecule has 0 fully saturated rings. The van der Waals surface area contributed by atoms with Crippen molar-refractivity contribution < 1.29 is 9.59 Å². The molecule has 0 aliphatic heterocycles. The highest BCUT2D eigenvalue weighted by Gasteiger charge is 2.23. The third-order valence-electron chi connectivity index (χ3n) is 5.11. The number of rotatable bonds is 4. The van der Waals surface area contributed by atoms with Gasteiger partial charge in [0.25, 0.3) is 0 Å². The molecule has 0 N–H and O–H groups in total. The summed E-state index contributed by atoms with van der Waals surface area (Å²) in [5.74, 6) is -0.324. The van der Waals surface area contributed by atoms with Gasteiger partial charge in [-0.25, -0.2) is 4.98 Å². The smallest absolute Gasteiger partial charge is 0.209 e. The molecular weight excluding hydrogens is 396 g/mol. The molecule has 0 bridgehead atoms. The predicted molar refractivity (Wildman–Crippen MR) is 117 cm³/mol. The van der Waals surface area contributed by atoms with Gasteiger partial charge in [0.1, 0.15) is 6.33 Å². The van der Waals surface area contributed by atoms with Crippen molar-refractivity contribution in [1.29, 1.82) is 0 Å². The van der Waals surface area contributed by atoms with Crippen LogP contribution in [-0.4, -0.2) is 21.0 Å². The average molecular weight is 411 g/mol. The number of hydrogen-bond acceptors (Lipinski definition) is 3. The Morgan fingerprint density at radius 1 is 0.767 bits per heavy atom. The lowest BCUT2D eigenvalue weighted by molar-refractivity contribution is 0.103. The number of nitrogens with zero attached hydrogens (tertiary/aromatic N) is 2. The van der Waals surface area contributed by atoms with Gasteiger partial charge in [-0.2, -0.15) is 0 Å². The summed E-state index contributed by atoms with van der Waals surface area (Å²) in [6.45, 7) is 0. The SMILES string of the molecule is O=C(c1ccccc1)c1cc(C(=O)c2ccccc2)n2cnc3cc(Cl)ccc3c12. The number of halogens is 1. The summed E-state index contributed by atoms with van der Waals surface area (Å²) in [6.07, 6.45) is 1.58. The first-order valence-corrected chi connectivity index (χ1v) is 9.80. The van der Waals surface area contributed by atoms with Crippen LogP contribution in [-0.2, 0) is 0 Å². The Balaban J connectivity index is 1.82. The zero-order chi connectivity index (χ0) is 20.7. The minimum Gasteiger partial charge on any atom is -0.296 e. The van der Waals surface area contributed by atoms with E-state index in [4.69, 9.17) is 11.6 Å². The first-order chi connectivity index (χ1) is 14.6. The molecule has 4 nitrogen and oxygen atoms in total. The molecular formula is C25H15ClN2O2. The van der Waals surface area contributed by atoms with Crippen LogP contribution in [0.25, 0.3) is 16.4 Å². The van der Waals surface area contributed by atoms with Crippen LogP contribution in [0, 0.1) is 0 Å². The Morgan fingerprint density at radius 3 is 2.07 bits per heavy atom. The van der Waals surface area contributed by atoms with Crippen LogP contribution in [0.2, 0.25) is 5.02 Å². The van der Waals surface area contributed by atoms with Gasteiger partial charge in [-0.1, -0.05) is 72.3 Å². The van der Waals surface area contributed by atoms with Crippen LogP contribution in [0.5, 0.6) is 0 Å². The van der Waals surface area contributed by atoms with Crippen LogP contribution >= 0.6 is 11.6 Å². The minimum atomic E-state index is -0.173. The molecule has 0 aliphatic rings. The summed E-state index contributed by atoms with van der Waals surface area (Å²) in [7, 11) is 0. The fourth-order valence-electron chi connectivity index (χ4n) is 3.68. The average Bonchev–Trinajstić information content (AvgIpc) is 3.19. The zero-order valence-corrected chi connectivity index (χ0v) is 16.5. The van der Waals surface area contributed by atoms with Crippen molar-refractivity contribution in [1.82, 2.24) is 9.38 Å². The first-order valence-electron chi connectivity index (χ1n) is 9.42. The lowest BCUT2D eigenvalue weighted by Crippen LogP contribution is -2.05. The van der Waals surface area contributed by atoms with E-state index in [9.17, 15) is 9.59 Å². The monoisotopic (exact) mass is 410 g/mol. The van der Waals surface area contributed by atoms with Crippen LogP contribution in [0.3, 0.4) is 0 Å². The third kappa shape index (κ3) is 2.98. The van der Waals surface area contributed by atoms with Crippen molar-refractivity contribution >= 4 is 39.6 Å². The second-order valence-electron chi connectivity index (χ2n) is 6.96. The normalized spacial score (nSPS) is 11.1.